The molecule has 20 heavy (non-hydrogen) atoms. The molecule has 1 aliphatic rings. The summed E-state index contributed by atoms with van der Waals surface area (Å²) in [5.41, 5.74) is 1.19. The van der Waals surface area contributed by atoms with Gasteiger partial charge >= 0.3 is 0 Å². The Balaban J connectivity index is 2.04. The summed E-state index contributed by atoms with van der Waals surface area (Å²) >= 11 is 3.59. The Hall–Kier alpha value is -0.540. The maximum Gasteiger partial charge on any atom is 0.119 e. The van der Waals surface area contributed by atoms with Crippen molar-refractivity contribution >= 4 is 15.9 Å². The van der Waals surface area contributed by atoms with Crippen molar-refractivity contribution in [2.75, 3.05) is 12.4 Å². The van der Waals surface area contributed by atoms with Gasteiger partial charge in [0.2, 0.25) is 0 Å². The first-order chi connectivity index (χ1) is 9.62. The number of rotatable bonds is 5. The van der Waals surface area contributed by atoms with Crippen LogP contribution in [0.15, 0.2) is 24.3 Å². The van der Waals surface area contributed by atoms with E-state index in [1.165, 1.54) is 24.8 Å². The topological polar surface area (TPSA) is 18.5 Å². The standard InChI is InChI=1S/C17H25BrO2/c1-12-7-13(2)9-16(8-12)20-17(11-18)14-5-4-6-15(10-14)19-3/h4-6,10,12-13,16-17H,7-9,11H2,1-3H3. The van der Waals surface area contributed by atoms with Crippen molar-refractivity contribution in [3.63, 3.8) is 0 Å². The van der Waals surface area contributed by atoms with E-state index < -0.39 is 0 Å². The third-order valence-electron chi connectivity index (χ3n) is 4.10. The molecule has 112 valence electrons. The predicted molar refractivity (Wildman–Crippen MR) is 86.6 cm³/mol. The average Bonchev–Trinajstić information content (AvgIpc) is 2.44. The molecule has 0 spiro atoms. The fraction of sp³-hybridized carbons (Fsp3) is 0.647. The molecule has 0 bridgehead atoms. The molecule has 1 aromatic carbocycles. The van der Waals surface area contributed by atoms with Crippen LogP contribution in [-0.4, -0.2) is 18.5 Å². The van der Waals surface area contributed by atoms with E-state index in [0.29, 0.717) is 6.10 Å². The number of alkyl halides is 1. The van der Waals surface area contributed by atoms with Crippen LogP contribution >= 0.6 is 15.9 Å². The van der Waals surface area contributed by atoms with Gasteiger partial charge in [0.05, 0.1) is 19.3 Å². The molecule has 3 unspecified atom stereocenters. The van der Waals surface area contributed by atoms with Gasteiger partial charge in [0.25, 0.3) is 0 Å². The highest BCUT2D eigenvalue weighted by atomic mass is 79.9. The lowest BCUT2D eigenvalue weighted by Gasteiger charge is -2.33. The maximum absolute atomic E-state index is 6.36. The fourth-order valence-electron chi connectivity index (χ4n) is 3.26. The summed E-state index contributed by atoms with van der Waals surface area (Å²) in [5, 5.41) is 0.819. The summed E-state index contributed by atoms with van der Waals surface area (Å²) in [6, 6.07) is 8.19. The largest absolute Gasteiger partial charge is 0.497 e. The van der Waals surface area contributed by atoms with Crippen molar-refractivity contribution in [3.8, 4) is 5.75 Å². The summed E-state index contributed by atoms with van der Waals surface area (Å²) in [5.74, 6) is 2.43. The lowest BCUT2D eigenvalue weighted by atomic mass is 9.81. The van der Waals surface area contributed by atoms with Gasteiger partial charge in [-0.05, 0) is 48.8 Å². The molecule has 0 saturated heterocycles. The Labute approximate surface area is 131 Å². The van der Waals surface area contributed by atoms with Crippen LogP contribution in [0.1, 0.15) is 44.8 Å². The minimum Gasteiger partial charge on any atom is -0.497 e. The van der Waals surface area contributed by atoms with E-state index in [4.69, 9.17) is 9.47 Å². The van der Waals surface area contributed by atoms with Gasteiger partial charge in [-0.3, -0.25) is 0 Å². The summed E-state index contributed by atoms with van der Waals surface area (Å²) in [7, 11) is 1.70. The molecule has 3 heteroatoms. The Morgan fingerprint density at radius 3 is 2.50 bits per heavy atom. The van der Waals surface area contributed by atoms with Crippen LogP contribution in [0.4, 0.5) is 0 Å². The molecule has 1 aromatic rings. The second-order valence-electron chi connectivity index (χ2n) is 6.10. The average molecular weight is 341 g/mol. The molecule has 0 heterocycles. The van der Waals surface area contributed by atoms with Gasteiger partial charge in [0.15, 0.2) is 0 Å². The zero-order valence-electron chi connectivity index (χ0n) is 12.6. The highest BCUT2D eigenvalue weighted by molar-refractivity contribution is 9.09. The quantitative estimate of drug-likeness (QED) is 0.704. The van der Waals surface area contributed by atoms with Gasteiger partial charge in [-0.1, -0.05) is 41.9 Å². The summed E-state index contributed by atoms with van der Waals surface area (Å²) < 4.78 is 11.7. The molecule has 2 rings (SSSR count). The normalized spacial score (nSPS) is 28.1. The van der Waals surface area contributed by atoms with Gasteiger partial charge in [-0.2, -0.15) is 0 Å². The van der Waals surface area contributed by atoms with Crippen LogP contribution in [0, 0.1) is 11.8 Å². The van der Waals surface area contributed by atoms with Gasteiger partial charge in [0, 0.05) is 5.33 Å². The van der Waals surface area contributed by atoms with Crippen LogP contribution in [-0.2, 0) is 4.74 Å². The predicted octanol–water partition coefficient (Wildman–Crippen LogP) is 4.97. The first-order valence-corrected chi connectivity index (χ1v) is 8.59. The molecule has 0 amide bonds. The van der Waals surface area contributed by atoms with E-state index in [0.717, 1.165) is 22.9 Å². The molecule has 0 aromatic heterocycles. The van der Waals surface area contributed by atoms with Crippen molar-refractivity contribution in [3.05, 3.63) is 29.8 Å². The SMILES string of the molecule is COc1cccc(C(CBr)OC2CC(C)CC(C)C2)c1. The fourth-order valence-corrected chi connectivity index (χ4v) is 3.79. The number of halogens is 1. The van der Waals surface area contributed by atoms with Crippen molar-refractivity contribution < 1.29 is 9.47 Å². The molecule has 1 fully saturated rings. The van der Waals surface area contributed by atoms with E-state index >= 15 is 0 Å². The van der Waals surface area contributed by atoms with Gasteiger partial charge in [-0.25, -0.2) is 0 Å². The second-order valence-corrected chi connectivity index (χ2v) is 6.74. The molecule has 0 N–H and O–H groups in total. The molecule has 0 radical (unpaired) electrons. The zero-order valence-corrected chi connectivity index (χ0v) is 14.2. The molecular weight excluding hydrogens is 316 g/mol. The maximum atomic E-state index is 6.36. The van der Waals surface area contributed by atoms with E-state index in [2.05, 4.69) is 41.9 Å². The van der Waals surface area contributed by atoms with Gasteiger partial charge in [0.1, 0.15) is 5.75 Å². The second kappa shape index (κ2) is 7.46. The number of ether oxygens (including phenoxy) is 2. The first kappa shape index (κ1) is 15.8. The lowest BCUT2D eigenvalue weighted by molar-refractivity contribution is -0.0401. The first-order valence-electron chi connectivity index (χ1n) is 7.47. The van der Waals surface area contributed by atoms with Crippen LogP contribution in [0.3, 0.4) is 0 Å². The Kier molecular flexibility index (Phi) is 5.91. The van der Waals surface area contributed by atoms with E-state index in [9.17, 15) is 0 Å². The third kappa shape index (κ3) is 4.23. The Bertz CT molecular complexity index is 411. The van der Waals surface area contributed by atoms with Crippen LogP contribution in [0.25, 0.3) is 0 Å². The van der Waals surface area contributed by atoms with Crippen LogP contribution in [0.2, 0.25) is 0 Å². The molecule has 1 aliphatic carbocycles. The monoisotopic (exact) mass is 340 g/mol. The van der Waals surface area contributed by atoms with Crippen molar-refractivity contribution in [1.82, 2.24) is 0 Å². The number of methoxy groups -OCH3 is 1. The molecule has 1 saturated carbocycles. The molecular formula is C17H25BrO2. The van der Waals surface area contributed by atoms with E-state index in [-0.39, 0.29) is 6.10 Å². The van der Waals surface area contributed by atoms with Crippen molar-refractivity contribution in [2.45, 2.75) is 45.3 Å². The smallest absolute Gasteiger partial charge is 0.119 e. The van der Waals surface area contributed by atoms with Crippen LogP contribution < -0.4 is 4.74 Å². The van der Waals surface area contributed by atoms with E-state index in [1.54, 1.807) is 7.11 Å². The van der Waals surface area contributed by atoms with Crippen molar-refractivity contribution in [1.29, 1.82) is 0 Å². The van der Waals surface area contributed by atoms with E-state index in [1.807, 2.05) is 12.1 Å². The molecule has 0 aliphatic heterocycles. The summed E-state index contributed by atoms with van der Waals surface area (Å²) in [4.78, 5) is 0. The molecule has 3 atom stereocenters. The van der Waals surface area contributed by atoms with Crippen LogP contribution in [0.5, 0.6) is 5.75 Å². The minimum absolute atomic E-state index is 0.104. The number of hydrogen-bond donors (Lipinski definition) is 0. The third-order valence-corrected chi connectivity index (χ3v) is 4.69. The van der Waals surface area contributed by atoms with Gasteiger partial charge in [-0.15, -0.1) is 0 Å². The zero-order chi connectivity index (χ0) is 14.5. The van der Waals surface area contributed by atoms with Crippen molar-refractivity contribution in [2.24, 2.45) is 11.8 Å². The number of benzene rings is 1. The summed E-state index contributed by atoms with van der Waals surface area (Å²) in [6.07, 6.45) is 4.17. The molecule has 2 nitrogen and oxygen atoms in total. The van der Waals surface area contributed by atoms with Gasteiger partial charge < -0.3 is 9.47 Å². The Morgan fingerprint density at radius 1 is 1.20 bits per heavy atom. The number of hydrogen-bond acceptors (Lipinski definition) is 2. The highest BCUT2D eigenvalue weighted by Crippen LogP contribution is 2.34. The lowest BCUT2D eigenvalue weighted by Crippen LogP contribution is -2.28. The highest BCUT2D eigenvalue weighted by Gasteiger charge is 2.27. The Morgan fingerprint density at radius 2 is 1.90 bits per heavy atom. The minimum atomic E-state index is 0.104. The summed E-state index contributed by atoms with van der Waals surface area (Å²) in [6.45, 7) is 4.67.